The van der Waals surface area contributed by atoms with E-state index in [4.69, 9.17) is 0 Å². The van der Waals surface area contributed by atoms with Crippen molar-refractivity contribution in [3.8, 4) is 0 Å². The zero-order valence-corrected chi connectivity index (χ0v) is 7.43. The monoisotopic (exact) mass is 172 g/mol. The Kier molecular flexibility index (Phi) is 4.04. The van der Waals surface area contributed by atoms with Gasteiger partial charge in [-0.3, -0.25) is 4.79 Å². The molecule has 1 aliphatic heterocycles. The smallest absolute Gasteiger partial charge is 0.305 e. The molecule has 1 saturated heterocycles. The second-order valence-corrected chi connectivity index (χ2v) is 3.05. The Morgan fingerprint density at radius 3 is 2.50 bits per heavy atom. The second-order valence-electron chi connectivity index (χ2n) is 3.05. The van der Waals surface area contributed by atoms with Crippen molar-refractivity contribution in [2.75, 3.05) is 33.3 Å². The van der Waals surface area contributed by atoms with Crippen LogP contribution in [0.4, 0.5) is 0 Å². The van der Waals surface area contributed by atoms with Crippen LogP contribution in [-0.2, 0) is 9.53 Å². The van der Waals surface area contributed by atoms with Gasteiger partial charge in [0.05, 0.1) is 13.5 Å². The number of hydrogen-bond donors (Lipinski definition) is 2. The summed E-state index contributed by atoms with van der Waals surface area (Å²) in [6, 6.07) is 0. The Bertz CT molecular complexity index is 142. The van der Waals surface area contributed by atoms with Gasteiger partial charge in [0.15, 0.2) is 0 Å². The van der Waals surface area contributed by atoms with Gasteiger partial charge in [-0.1, -0.05) is 0 Å². The molecule has 0 amide bonds. The fourth-order valence-corrected chi connectivity index (χ4v) is 1.32. The summed E-state index contributed by atoms with van der Waals surface area (Å²) in [5.41, 5.74) is 0. The summed E-state index contributed by atoms with van der Waals surface area (Å²) in [7, 11) is 1.43. The van der Waals surface area contributed by atoms with Gasteiger partial charge in [0.1, 0.15) is 0 Å². The third kappa shape index (κ3) is 3.19. The van der Waals surface area contributed by atoms with E-state index in [9.17, 15) is 4.79 Å². The normalized spacial score (nSPS) is 20.1. The summed E-state index contributed by atoms with van der Waals surface area (Å²) in [5.74, 6) is 0.255. The molecule has 0 atom stereocenters. The second kappa shape index (κ2) is 5.11. The van der Waals surface area contributed by atoms with Crippen molar-refractivity contribution in [2.24, 2.45) is 5.92 Å². The highest BCUT2D eigenvalue weighted by Gasteiger charge is 2.15. The summed E-state index contributed by atoms with van der Waals surface area (Å²) in [6.07, 6.45) is 0.510. The van der Waals surface area contributed by atoms with Crippen molar-refractivity contribution in [3.63, 3.8) is 0 Å². The van der Waals surface area contributed by atoms with Crippen LogP contribution in [0.2, 0.25) is 0 Å². The molecule has 1 fully saturated rings. The first kappa shape index (κ1) is 9.48. The molecule has 0 radical (unpaired) electrons. The van der Waals surface area contributed by atoms with Gasteiger partial charge in [0.2, 0.25) is 0 Å². The Balaban J connectivity index is 2.24. The van der Waals surface area contributed by atoms with E-state index in [1.165, 1.54) is 7.11 Å². The average Bonchev–Trinajstić information content (AvgIpc) is 2.33. The van der Waals surface area contributed by atoms with E-state index < -0.39 is 0 Å². The van der Waals surface area contributed by atoms with E-state index in [2.05, 4.69) is 15.4 Å². The van der Waals surface area contributed by atoms with Crippen molar-refractivity contribution in [2.45, 2.75) is 6.42 Å². The third-order valence-corrected chi connectivity index (χ3v) is 2.03. The highest BCUT2D eigenvalue weighted by Crippen LogP contribution is 2.02. The Hall–Kier alpha value is -0.610. The number of carbonyl (C=O) groups is 1. The van der Waals surface area contributed by atoms with Gasteiger partial charge in [-0.25, -0.2) is 0 Å². The molecule has 0 aromatic rings. The topological polar surface area (TPSA) is 50.4 Å². The van der Waals surface area contributed by atoms with Gasteiger partial charge in [0, 0.05) is 13.1 Å². The predicted molar refractivity (Wildman–Crippen MR) is 45.9 cm³/mol. The van der Waals surface area contributed by atoms with Crippen molar-refractivity contribution in [1.82, 2.24) is 10.6 Å². The lowest BCUT2D eigenvalue weighted by molar-refractivity contribution is -0.141. The third-order valence-electron chi connectivity index (χ3n) is 2.03. The van der Waals surface area contributed by atoms with E-state index >= 15 is 0 Å². The molecule has 0 aliphatic carbocycles. The molecule has 70 valence electrons. The van der Waals surface area contributed by atoms with Crippen LogP contribution < -0.4 is 10.6 Å². The van der Waals surface area contributed by atoms with Gasteiger partial charge in [-0.15, -0.1) is 0 Å². The summed E-state index contributed by atoms with van der Waals surface area (Å²) >= 11 is 0. The van der Waals surface area contributed by atoms with Gasteiger partial charge in [0.25, 0.3) is 0 Å². The minimum absolute atomic E-state index is 0.120. The Morgan fingerprint density at radius 2 is 2.00 bits per heavy atom. The zero-order valence-electron chi connectivity index (χ0n) is 7.43. The highest BCUT2D eigenvalue weighted by atomic mass is 16.5. The average molecular weight is 172 g/mol. The lowest BCUT2D eigenvalue weighted by Gasteiger charge is -2.11. The molecule has 0 saturated carbocycles. The molecule has 0 aromatic heterocycles. The molecular weight excluding hydrogens is 156 g/mol. The van der Waals surface area contributed by atoms with Crippen LogP contribution in [0.3, 0.4) is 0 Å². The van der Waals surface area contributed by atoms with Crippen molar-refractivity contribution in [3.05, 3.63) is 0 Å². The number of hydrogen-bond acceptors (Lipinski definition) is 4. The fraction of sp³-hybridized carbons (Fsp3) is 0.875. The summed E-state index contributed by atoms with van der Waals surface area (Å²) in [4.78, 5) is 10.9. The Morgan fingerprint density at radius 1 is 1.42 bits per heavy atom. The molecule has 0 bridgehead atoms. The molecule has 0 unspecified atom stereocenters. The predicted octanol–water partition coefficient (Wildman–Crippen LogP) is -0.641. The number of carbonyl (C=O) groups excluding carboxylic acids is 1. The maximum Gasteiger partial charge on any atom is 0.305 e. The van der Waals surface area contributed by atoms with E-state index in [1.807, 2.05) is 0 Å². The van der Waals surface area contributed by atoms with Crippen LogP contribution in [0.1, 0.15) is 6.42 Å². The number of esters is 1. The van der Waals surface area contributed by atoms with Crippen LogP contribution in [0.25, 0.3) is 0 Å². The zero-order chi connectivity index (χ0) is 8.81. The molecule has 4 heteroatoms. The number of rotatable bonds is 2. The molecule has 0 spiro atoms. The summed E-state index contributed by atoms with van der Waals surface area (Å²) < 4.78 is 4.60. The quantitative estimate of drug-likeness (QED) is 0.544. The molecule has 4 nitrogen and oxygen atoms in total. The van der Waals surface area contributed by atoms with E-state index in [-0.39, 0.29) is 5.97 Å². The van der Waals surface area contributed by atoms with Gasteiger partial charge in [-0.2, -0.15) is 0 Å². The number of methoxy groups -OCH3 is 1. The van der Waals surface area contributed by atoms with E-state index in [0.717, 1.165) is 26.2 Å². The minimum Gasteiger partial charge on any atom is -0.469 e. The van der Waals surface area contributed by atoms with Gasteiger partial charge < -0.3 is 15.4 Å². The van der Waals surface area contributed by atoms with Crippen molar-refractivity contribution in [1.29, 1.82) is 0 Å². The van der Waals surface area contributed by atoms with Gasteiger partial charge in [-0.05, 0) is 19.0 Å². The molecule has 1 aliphatic rings. The van der Waals surface area contributed by atoms with E-state index in [0.29, 0.717) is 12.3 Å². The lowest BCUT2D eigenvalue weighted by atomic mass is 10.1. The van der Waals surface area contributed by atoms with E-state index in [1.54, 1.807) is 0 Å². The van der Waals surface area contributed by atoms with Crippen LogP contribution in [0.15, 0.2) is 0 Å². The molecule has 1 rings (SSSR count). The maximum absolute atomic E-state index is 10.9. The fourth-order valence-electron chi connectivity index (χ4n) is 1.32. The minimum atomic E-state index is -0.120. The lowest BCUT2D eigenvalue weighted by Crippen LogP contribution is -2.26. The van der Waals surface area contributed by atoms with Crippen LogP contribution >= 0.6 is 0 Å². The largest absolute Gasteiger partial charge is 0.469 e. The van der Waals surface area contributed by atoms with Crippen LogP contribution in [0.5, 0.6) is 0 Å². The first-order valence-electron chi connectivity index (χ1n) is 4.31. The maximum atomic E-state index is 10.9. The Labute approximate surface area is 72.7 Å². The van der Waals surface area contributed by atoms with Crippen molar-refractivity contribution < 1.29 is 9.53 Å². The molecule has 1 heterocycles. The summed E-state index contributed by atoms with van der Waals surface area (Å²) in [6.45, 7) is 3.78. The first-order valence-corrected chi connectivity index (χ1v) is 4.31. The molecule has 12 heavy (non-hydrogen) atoms. The standard InChI is InChI=1S/C8H16N2O2/c1-12-8(11)4-7-5-9-2-3-10-6-7/h7,9-10H,2-6H2,1H3. The number of ether oxygens (including phenoxy) is 1. The summed E-state index contributed by atoms with van der Waals surface area (Å²) in [5, 5.41) is 6.51. The molecular formula is C8H16N2O2. The molecule has 2 N–H and O–H groups in total. The SMILES string of the molecule is COC(=O)CC1CNCCNC1. The number of nitrogens with one attached hydrogen (secondary N) is 2. The van der Waals surface area contributed by atoms with Crippen molar-refractivity contribution >= 4 is 5.97 Å². The van der Waals surface area contributed by atoms with Crippen LogP contribution in [-0.4, -0.2) is 39.3 Å². The highest BCUT2D eigenvalue weighted by molar-refractivity contribution is 5.69. The molecule has 0 aromatic carbocycles. The van der Waals surface area contributed by atoms with Crippen LogP contribution in [0, 0.1) is 5.92 Å². The van der Waals surface area contributed by atoms with Gasteiger partial charge >= 0.3 is 5.97 Å². The first-order chi connectivity index (χ1) is 5.83.